The Kier molecular flexibility index (Phi) is 6.16. The zero-order valence-electron chi connectivity index (χ0n) is 13.4. The maximum absolute atomic E-state index is 12.2. The minimum Gasteiger partial charge on any atom is -0.395 e. The molecule has 0 saturated heterocycles. The van der Waals surface area contributed by atoms with Crippen molar-refractivity contribution in [2.24, 2.45) is 5.92 Å². The van der Waals surface area contributed by atoms with Gasteiger partial charge in [-0.3, -0.25) is 9.59 Å². The van der Waals surface area contributed by atoms with Gasteiger partial charge in [0.05, 0.1) is 5.69 Å². The average molecular weight is 367 g/mol. The number of rotatable bonds is 6. The van der Waals surface area contributed by atoms with E-state index >= 15 is 0 Å². The monoisotopic (exact) mass is 366 g/mol. The van der Waals surface area contributed by atoms with Crippen LogP contribution in [0.5, 0.6) is 0 Å². The standard InChI is InChI=1S/C16H19ClN4O2S/c1-9(2)7-19-16(23)14-12(18)13(21-24-14)15(22)20-8-10-5-3-4-6-11(10)17/h3-6,9H,7-8,18H2,1-2H3,(H,19,23)(H,20,22). The smallest absolute Gasteiger partial charge is 0.273 e. The summed E-state index contributed by atoms with van der Waals surface area (Å²) in [6, 6.07) is 7.21. The van der Waals surface area contributed by atoms with Crippen molar-refractivity contribution in [3.05, 3.63) is 45.4 Å². The Balaban J connectivity index is 2.03. The SMILES string of the molecule is CC(C)CNC(=O)c1snc(C(=O)NCc2ccccc2Cl)c1N. The molecule has 6 nitrogen and oxygen atoms in total. The van der Waals surface area contributed by atoms with Crippen LogP contribution in [0.3, 0.4) is 0 Å². The number of nitrogens with two attached hydrogens (primary N) is 1. The van der Waals surface area contributed by atoms with Gasteiger partial charge in [-0.25, -0.2) is 0 Å². The van der Waals surface area contributed by atoms with Gasteiger partial charge in [0.25, 0.3) is 11.8 Å². The predicted molar refractivity (Wildman–Crippen MR) is 96.3 cm³/mol. The van der Waals surface area contributed by atoms with Crippen molar-refractivity contribution in [3.63, 3.8) is 0 Å². The van der Waals surface area contributed by atoms with Crippen molar-refractivity contribution in [1.82, 2.24) is 15.0 Å². The van der Waals surface area contributed by atoms with E-state index in [0.29, 0.717) is 17.5 Å². The highest BCUT2D eigenvalue weighted by atomic mass is 35.5. The minimum absolute atomic E-state index is 0.0572. The third-order valence-corrected chi connectivity index (χ3v) is 4.45. The van der Waals surface area contributed by atoms with Gasteiger partial charge in [0, 0.05) is 18.1 Å². The van der Waals surface area contributed by atoms with Crippen LogP contribution < -0.4 is 16.4 Å². The van der Waals surface area contributed by atoms with Gasteiger partial charge in [-0.05, 0) is 29.1 Å². The second-order valence-corrected chi connectivity index (χ2v) is 6.83. The van der Waals surface area contributed by atoms with Crippen LogP contribution in [-0.2, 0) is 6.54 Å². The van der Waals surface area contributed by atoms with Gasteiger partial charge in [-0.2, -0.15) is 4.37 Å². The predicted octanol–water partition coefficient (Wildman–Crippen LogP) is 2.69. The van der Waals surface area contributed by atoms with Crippen molar-refractivity contribution in [3.8, 4) is 0 Å². The van der Waals surface area contributed by atoms with Crippen molar-refractivity contribution >= 4 is 40.6 Å². The lowest BCUT2D eigenvalue weighted by Crippen LogP contribution is -2.28. The summed E-state index contributed by atoms with van der Waals surface area (Å²) in [5, 5.41) is 6.03. The summed E-state index contributed by atoms with van der Waals surface area (Å²) in [4.78, 5) is 24.5. The number of anilines is 1. The van der Waals surface area contributed by atoms with E-state index in [1.165, 1.54) is 0 Å². The van der Waals surface area contributed by atoms with Gasteiger partial charge in [-0.15, -0.1) is 0 Å². The molecule has 1 aromatic carbocycles. The van der Waals surface area contributed by atoms with Crippen LogP contribution in [0.1, 0.15) is 39.6 Å². The number of carbonyl (C=O) groups excluding carboxylic acids is 2. The van der Waals surface area contributed by atoms with E-state index in [2.05, 4.69) is 15.0 Å². The van der Waals surface area contributed by atoms with E-state index in [1.54, 1.807) is 6.07 Å². The molecule has 128 valence electrons. The molecular weight excluding hydrogens is 348 g/mol. The highest BCUT2D eigenvalue weighted by molar-refractivity contribution is 7.09. The molecule has 4 N–H and O–H groups in total. The molecule has 0 saturated carbocycles. The number of amides is 2. The summed E-state index contributed by atoms with van der Waals surface area (Å²) in [6.45, 7) is 4.77. The van der Waals surface area contributed by atoms with Crippen LogP contribution in [0.2, 0.25) is 5.02 Å². The lowest BCUT2D eigenvalue weighted by Gasteiger charge is -2.07. The van der Waals surface area contributed by atoms with Gasteiger partial charge >= 0.3 is 0 Å². The number of nitrogen functional groups attached to an aromatic ring is 1. The number of nitrogens with one attached hydrogen (secondary N) is 2. The van der Waals surface area contributed by atoms with Crippen molar-refractivity contribution in [2.75, 3.05) is 12.3 Å². The Bertz CT molecular complexity index is 745. The van der Waals surface area contributed by atoms with E-state index in [-0.39, 0.29) is 28.7 Å². The fraction of sp³-hybridized carbons (Fsp3) is 0.312. The van der Waals surface area contributed by atoms with Crippen LogP contribution in [-0.4, -0.2) is 22.7 Å². The molecule has 2 rings (SSSR count). The third kappa shape index (κ3) is 4.46. The van der Waals surface area contributed by atoms with Gasteiger partial charge in [0.1, 0.15) is 4.88 Å². The molecule has 24 heavy (non-hydrogen) atoms. The zero-order chi connectivity index (χ0) is 17.7. The lowest BCUT2D eigenvalue weighted by molar-refractivity contribution is 0.0946. The van der Waals surface area contributed by atoms with Crippen molar-refractivity contribution in [1.29, 1.82) is 0 Å². The Hall–Kier alpha value is -2.12. The molecule has 0 bridgehead atoms. The highest BCUT2D eigenvalue weighted by Gasteiger charge is 2.22. The van der Waals surface area contributed by atoms with E-state index in [1.807, 2.05) is 32.0 Å². The molecule has 0 unspecified atom stereocenters. The number of aromatic nitrogens is 1. The number of hydrogen-bond acceptors (Lipinski definition) is 5. The first-order chi connectivity index (χ1) is 11.4. The molecule has 0 aliphatic heterocycles. The quantitative estimate of drug-likeness (QED) is 0.732. The summed E-state index contributed by atoms with van der Waals surface area (Å²) in [5.74, 6) is -0.433. The topological polar surface area (TPSA) is 97.1 Å². The number of carbonyl (C=O) groups is 2. The highest BCUT2D eigenvalue weighted by Crippen LogP contribution is 2.22. The second kappa shape index (κ2) is 8.12. The van der Waals surface area contributed by atoms with Gasteiger partial charge in [0.15, 0.2) is 5.69 Å². The fourth-order valence-electron chi connectivity index (χ4n) is 1.90. The molecular formula is C16H19ClN4O2S. The molecule has 0 radical (unpaired) electrons. The summed E-state index contributed by atoms with van der Waals surface area (Å²) in [7, 11) is 0. The third-order valence-electron chi connectivity index (χ3n) is 3.22. The van der Waals surface area contributed by atoms with E-state index < -0.39 is 5.91 Å². The maximum Gasteiger partial charge on any atom is 0.273 e. The summed E-state index contributed by atoms with van der Waals surface area (Å²) >= 11 is 6.96. The molecule has 0 spiro atoms. The first kappa shape index (κ1) is 18.2. The molecule has 0 atom stereocenters. The van der Waals surface area contributed by atoms with E-state index in [9.17, 15) is 9.59 Å². The Morgan fingerprint density at radius 3 is 2.62 bits per heavy atom. The first-order valence-electron chi connectivity index (χ1n) is 7.45. The molecule has 8 heteroatoms. The molecule has 0 aliphatic rings. The Morgan fingerprint density at radius 2 is 1.96 bits per heavy atom. The molecule has 0 aliphatic carbocycles. The average Bonchev–Trinajstić information content (AvgIpc) is 2.93. The largest absolute Gasteiger partial charge is 0.395 e. The summed E-state index contributed by atoms with van der Waals surface area (Å²) in [6.07, 6.45) is 0. The normalized spacial score (nSPS) is 10.7. The molecule has 2 amide bonds. The van der Waals surface area contributed by atoms with E-state index in [0.717, 1.165) is 17.1 Å². The lowest BCUT2D eigenvalue weighted by atomic mass is 10.2. The second-order valence-electron chi connectivity index (χ2n) is 5.65. The van der Waals surface area contributed by atoms with Crippen LogP contribution >= 0.6 is 23.1 Å². The number of benzene rings is 1. The summed E-state index contributed by atoms with van der Waals surface area (Å²) in [5.41, 5.74) is 6.85. The maximum atomic E-state index is 12.2. The Morgan fingerprint density at radius 1 is 1.25 bits per heavy atom. The van der Waals surface area contributed by atoms with Crippen molar-refractivity contribution < 1.29 is 9.59 Å². The van der Waals surface area contributed by atoms with Gasteiger partial charge in [0.2, 0.25) is 0 Å². The fourth-order valence-corrected chi connectivity index (χ4v) is 2.82. The Labute approximate surface area is 149 Å². The molecule has 0 fully saturated rings. The number of halogens is 1. The molecule has 1 heterocycles. The summed E-state index contributed by atoms with van der Waals surface area (Å²) < 4.78 is 4.01. The van der Waals surface area contributed by atoms with Crippen LogP contribution in [0.25, 0.3) is 0 Å². The van der Waals surface area contributed by atoms with E-state index in [4.69, 9.17) is 17.3 Å². The van der Waals surface area contributed by atoms with Crippen molar-refractivity contribution in [2.45, 2.75) is 20.4 Å². The number of hydrogen-bond donors (Lipinski definition) is 3. The minimum atomic E-state index is -0.438. The van der Waals surface area contributed by atoms with Crippen LogP contribution in [0.15, 0.2) is 24.3 Å². The van der Waals surface area contributed by atoms with Gasteiger partial charge in [-0.1, -0.05) is 43.6 Å². The van der Waals surface area contributed by atoms with Crippen LogP contribution in [0.4, 0.5) is 5.69 Å². The molecule has 1 aromatic heterocycles. The number of nitrogens with zero attached hydrogens (tertiary/aromatic N) is 1. The zero-order valence-corrected chi connectivity index (χ0v) is 15.0. The molecule has 2 aromatic rings. The first-order valence-corrected chi connectivity index (χ1v) is 8.60. The van der Waals surface area contributed by atoms with Crippen LogP contribution in [0, 0.1) is 5.92 Å². The van der Waals surface area contributed by atoms with Gasteiger partial charge < -0.3 is 16.4 Å².